The molecule has 1 aliphatic rings. The van der Waals surface area contributed by atoms with E-state index in [4.69, 9.17) is 9.47 Å². The van der Waals surface area contributed by atoms with Gasteiger partial charge in [0.05, 0.1) is 13.2 Å². The number of carbonyl (C=O) groups is 3. The van der Waals surface area contributed by atoms with Crippen LogP contribution in [0.25, 0.3) is 0 Å². The SMILES string of the molecule is CCOC(=O)CC[C@@]1(C(=O)OCC)CCCC1=O. The van der Waals surface area contributed by atoms with Gasteiger partial charge >= 0.3 is 11.9 Å². The maximum Gasteiger partial charge on any atom is 0.319 e. The van der Waals surface area contributed by atoms with Gasteiger partial charge in [-0.05, 0) is 33.1 Å². The van der Waals surface area contributed by atoms with E-state index in [0.717, 1.165) is 0 Å². The second-order valence-electron chi connectivity index (χ2n) is 4.38. The van der Waals surface area contributed by atoms with Crippen LogP contribution >= 0.6 is 0 Å². The maximum atomic E-state index is 12.0. The molecule has 1 rings (SSSR count). The zero-order chi connectivity index (χ0) is 13.6. The number of ketones is 1. The van der Waals surface area contributed by atoms with Crippen LogP contribution in [0.5, 0.6) is 0 Å². The van der Waals surface area contributed by atoms with E-state index < -0.39 is 11.4 Å². The number of hydrogen-bond donors (Lipinski definition) is 0. The number of carbonyl (C=O) groups excluding carboxylic acids is 3. The molecule has 18 heavy (non-hydrogen) atoms. The summed E-state index contributed by atoms with van der Waals surface area (Å²) in [6.07, 6.45) is 1.83. The van der Waals surface area contributed by atoms with Crippen molar-refractivity contribution in [1.82, 2.24) is 0 Å². The molecule has 0 spiro atoms. The summed E-state index contributed by atoms with van der Waals surface area (Å²) in [5.74, 6) is -0.970. The van der Waals surface area contributed by atoms with Gasteiger partial charge in [0.1, 0.15) is 11.2 Å². The van der Waals surface area contributed by atoms with Gasteiger partial charge in [-0.15, -0.1) is 0 Å². The van der Waals surface area contributed by atoms with E-state index in [9.17, 15) is 14.4 Å². The predicted molar refractivity (Wildman–Crippen MR) is 63.8 cm³/mol. The Balaban J connectivity index is 2.70. The Morgan fingerprint density at radius 3 is 2.39 bits per heavy atom. The van der Waals surface area contributed by atoms with Gasteiger partial charge in [0, 0.05) is 12.8 Å². The molecule has 0 heterocycles. The second kappa shape index (κ2) is 6.52. The summed E-state index contributed by atoms with van der Waals surface area (Å²) in [5, 5.41) is 0. The van der Waals surface area contributed by atoms with Crippen molar-refractivity contribution in [2.75, 3.05) is 13.2 Å². The highest BCUT2D eigenvalue weighted by atomic mass is 16.5. The monoisotopic (exact) mass is 256 g/mol. The second-order valence-corrected chi connectivity index (χ2v) is 4.38. The third-order valence-electron chi connectivity index (χ3n) is 3.27. The first-order chi connectivity index (χ1) is 8.56. The number of hydrogen-bond acceptors (Lipinski definition) is 5. The molecular formula is C13H20O5. The van der Waals surface area contributed by atoms with Crippen LogP contribution in [-0.2, 0) is 23.9 Å². The zero-order valence-corrected chi connectivity index (χ0v) is 11.0. The summed E-state index contributed by atoms with van der Waals surface area (Å²) in [5.41, 5.74) is -1.11. The van der Waals surface area contributed by atoms with Crippen LogP contribution in [0.4, 0.5) is 0 Å². The molecule has 1 aliphatic carbocycles. The molecule has 0 aromatic heterocycles. The lowest BCUT2D eigenvalue weighted by molar-refractivity contribution is -0.160. The van der Waals surface area contributed by atoms with E-state index in [0.29, 0.717) is 25.9 Å². The normalized spacial score (nSPS) is 22.9. The lowest BCUT2D eigenvalue weighted by atomic mass is 9.80. The number of Topliss-reactive ketones (excluding diaryl/α,β-unsaturated/α-hetero) is 1. The zero-order valence-electron chi connectivity index (χ0n) is 11.0. The summed E-state index contributed by atoms with van der Waals surface area (Å²) < 4.78 is 9.80. The lowest BCUT2D eigenvalue weighted by Gasteiger charge is -2.24. The van der Waals surface area contributed by atoms with E-state index in [1.165, 1.54) is 0 Å². The van der Waals surface area contributed by atoms with Crippen molar-refractivity contribution in [3.8, 4) is 0 Å². The summed E-state index contributed by atoms with van der Waals surface area (Å²) in [6, 6.07) is 0. The minimum Gasteiger partial charge on any atom is -0.466 e. The van der Waals surface area contributed by atoms with Crippen LogP contribution in [-0.4, -0.2) is 30.9 Å². The number of esters is 2. The Kier molecular flexibility index (Phi) is 5.31. The topological polar surface area (TPSA) is 69.7 Å². The largest absolute Gasteiger partial charge is 0.466 e. The highest BCUT2D eigenvalue weighted by molar-refractivity contribution is 6.05. The summed E-state index contributed by atoms with van der Waals surface area (Å²) in [6.45, 7) is 3.97. The Morgan fingerprint density at radius 2 is 1.89 bits per heavy atom. The van der Waals surface area contributed by atoms with Crippen LogP contribution < -0.4 is 0 Å². The van der Waals surface area contributed by atoms with Gasteiger partial charge in [-0.2, -0.15) is 0 Å². The van der Waals surface area contributed by atoms with E-state index >= 15 is 0 Å². The fourth-order valence-electron chi connectivity index (χ4n) is 2.33. The van der Waals surface area contributed by atoms with Gasteiger partial charge < -0.3 is 9.47 Å². The fourth-order valence-corrected chi connectivity index (χ4v) is 2.33. The lowest BCUT2D eigenvalue weighted by Crippen LogP contribution is -2.37. The summed E-state index contributed by atoms with van der Waals surface area (Å²) >= 11 is 0. The van der Waals surface area contributed by atoms with Gasteiger partial charge in [-0.3, -0.25) is 14.4 Å². The molecule has 1 saturated carbocycles. The molecule has 0 radical (unpaired) electrons. The molecule has 0 bridgehead atoms. The number of rotatable bonds is 6. The molecule has 0 aromatic carbocycles. The van der Waals surface area contributed by atoms with Gasteiger partial charge in [0.2, 0.25) is 0 Å². The van der Waals surface area contributed by atoms with Crippen LogP contribution in [0, 0.1) is 5.41 Å². The van der Waals surface area contributed by atoms with E-state index in [1.54, 1.807) is 13.8 Å². The minimum atomic E-state index is -1.11. The summed E-state index contributed by atoms with van der Waals surface area (Å²) in [7, 11) is 0. The fraction of sp³-hybridized carbons (Fsp3) is 0.769. The summed E-state index contributed by atoms with van der Waals surface area (Å²) in [4.78, 5) is 35.2. The molecule has 5 nitrogen and oxygen atoms in total. The third-order valence-corrected chi connectivity index (χ3v) is 3.27. The van der Waals surface area contributed by atoms with Crippen molar-refractivity contribution in [3.05, 3.63) is 0 Å². The standard InChI is InChI=1S/C13H20O5/c1-3-17-11(15)7-9-13(12(16)18-4-2)8-5-6-10(13)14/h3-9H2,1-2H3/t13-/m0/s1. The van der Waals surface area contributed by atoms with Gasteiger partial charge in [-0.25, -0.2) is 0 Å². The first-order valence-electron chi connectivity index (χ1n) is 6.43. The quantitative estimate of drug-likeness (QED) is 0.533. The van der Waals surface area contributed by atoms with Crippen molar-refractivity contribution in [2.45, 2.75) is 46.0 Å². The number of ether oxygens (including phenoxy) is 2. The van der Waals surface area contributed by atoms with Crippen molar-refractivity contribution in [1.29, 1.82) is 0 Å². The van der Waals surface area contributed by atoms with Crippen molar-refractivity contribution in [3.63, 3.8) is 0 Å². The van der Waals surface area contributed by atoms with Crippen LogP contribution in [0.1, 0.15) is 46.0 Å². The molecular weight excluding hydrogens is 236 g/mol. The van der Waals surface area contributed by atoms with Gasteiger partial charge in [-0.1, -0.05) is 0 Å². The minimum absolute atomic E-state index is 0.0817. The predicted octanol–water partition coefficient (Wildman–Crippen LogP) is 1.63. The highest BCUT2D eigenvalue weighted by Gasteiger charge is 2.49. The molecule has 0 saturated heterocycles. The van der Waals surface area contributed by atoms with E-state index in [1.807, 2.05) is 0 Å². The third kappa shape index (κ3) is 3.09. The molecule has 1 atom stereocenters. The Bertz CT molecular complexity index is 336. The Hall–Kier alpha value is -1.39. The van der Waals surface area contributed by atoms with E-state index in [2.05, 4.69) is 0 Å². The average Bonchev–Trinajstić information content (AvgIpc) is 2.70. The first kappa shape index (κ1) is 14.7. The molecule has 1 fully saturated rings. The highest BCUT2D eigenvalue weighted by Crippen LogP contribution is 2.40. The maximum absolute atomic E-state index is 12.0. The van der Waals surface area contributed by atoms with Gasteiger partial charge in [0.25, 0.3) is 0 Å². The smallest absolute Gasteiger partial charge is 0.319 e. The van der Waals surface area contributed by atoms with Crippen molar-refractivity contribution in [2.24, 2.45) is 5.41 Å². The molecule has 0 amide bonds. The average molecular weight is 256 g/mol. The Morgan fingerprint density at radius 1 is 1.22 bits per heavy atom. The molecule has 0 N–H and O–H groups in total. The first-order valence-corrected chi connectivity index (χ1v) is 6.43. The van der Waals surface area contributed by atoms with Crippen LogP contribution in [0.3, 0.4) is 0 Å². The molecule has 0 unspecified atom stereocenters. The molecule has 0 aliphatic heterocycles. The Labute approximate surface area is 107 Å². The molecule has 102 valence electrons. The van der Waals surface area contributed by atoms with Crippen molar-refractivity contribution >= 4 is 17.7 Å². The van der Waals surface area contributed by atoms with Crippen molar-refractivity contribution < 1.29 is 23.9 Å². The molecule has 0 aromatic rings. The molecule has 5 heteroatoms. The van der Waals surface area contributed by atoms with Crippen LogP contribution in [0.15, 0.2) is 0 Å². The van der Waals surface area contributed by atoms with Crippen LogP contribution in [0.2, 0.25) is 0 Å². The van der Waals surface area contributed by atoms with E-state index in [-0.39, 0.29) is 31.2 Å². The van der Waals surface area contributed by atoms with Gasteiger partial charge in [0.15, 0.2) is 0 Å².